The van der Waals surface area contributed by atoms with Crippen LogP contribution in [-0.4, -0.2) is 40.0 Å². The Morgan fingerprint density at radius 3 is 2.36 bits per heavy atom. The number of carbonyl (C=O) groups is 2. The van der Waals surface area contributed by atoms with Gasteiger partial charge in [-0.05, 0) is 49.2 Å². The third-order valence-corrected chi connectivity index (χ3v) is 7.51. The van der Waals surface area contributed by atoms with Crippen LogP contribution in [0.3, 0.4) is 0 Å². The van der Waals surface area contributed by atoms with Crippen LogP contribution in [0.2, 0.25) is 0 Å². The van der Waals surface area contributed by atoms with Gasteiger partial charge in [0.2, 0.25) is 0 Å². The van der Waals surface area contributed by atoms with Crippen LogP contribution in [0.1, 0.15) is 22.8 Å². The minimum Gasteiger partial charge on any atom is -0.452 e. The van der Waals surface area contributed by atoms with E-state index >= 15 is 0 Å². The third kappa shape index (κ3) is 4.34. The molecule has 3 aromatic rings. The molecule has 1 heterocycles. The Morgan fingerprint density at radius 2 is 1.61 bits per heavy atom. The van der Waals surface area contributed by atoms with Crippen molar-refractivity contribution in [1.29, 1.82) is 0 Å². The number of hydrogen-bond donors (Lipinski definition) is 0. The lowest BCUT2D eigenvalue weighted by molar-refractivity contribution is -0.122. The van der Waals surface area contributed by atoms with Gasteiger partial charge in [0.25, 0.3) is 15.9 Å². The first-order valence-electron chi connectivity index (χ1n) is 10.5. The Labute approximate surface area is 193 Å². The van der Waals surface area contributed by atoms with E-state index in [1.807, 2.05) is 31.2 Å². The monoisotopic (exact) mass is 464 g/mol. The maximum absolute atomic E-state index is 13.2. The maximum atomic E-state index is 13.2. The van der Waals surface area contributed by atoms with E-state index in [4.69, 9.17) is 4.74 Å². The molecule has 33 heavy (non-hydrogen) atoms. The summed E-state index contributed by atoms with van der Waals surface area (Å²) in [6.07, 6.45) is 0.725. The van der Waals surface area contributed by atoms with Gasteiger partial charge in [0.15, 0.2) is 6.61 Å². The molecule has 3 aromatic carbocycles. The van der Waals surface area contributed by atoms with Crippen molar-refractivity contribution >= 4 is 33.3 Å². The Bertz CT molecular complexity index is 1290. The zero-order chi connectivity index (χ0) is 23.6. The Kier molecular flexibility index (Phi) is 6.20. The molecule has 7 nitrogen and oxygen atoms in total. The van der Waals surface area contributed by atoms with Gasteiger partial charge < -0.3 is 9.64 Å². The fourth-order valence-corrected chi connectivity index (χ4v) is 5.38. The van der Waals surface area contributed by atoms with Crippen LogP contribution in [0, 0.1) is 0 Å². The molecule has 1 aliphatic heterocycles. The molecule has 8 heteroatoms. The largest absolute Gasteiger partial charge is 0.452 e. The molecule has 0 spiro atoms. The molecular formula is C25H24N2O5S. The lowest BCUT2D eigenvalue weighted by Crippen LogP contribution is -2.38. The average Bonchev–Trinajstić information content (AvgIpc) is 3.18. The Morgan fingerprint density at radius 1 is 0.970 bits per heavy atom. The minimum atomic E-state index is -4.03. The average molecular weight is 465 g/mol. The molecule has 0 aliphatic carbocycles. The van der Waals surface area contributed by atoms with Crippen LogP contribution in [0.4, 0.5) is 11.4 Å². The number of nitrogens with zero attached hydrogens (tertiary/aromatic N) is 2. The third-order valence-electron chi connectivity index (χ3n) is 5.67. The number of fused-ring (bicyclic) bond motifs is 1. The van der Waals surface area contributed by atoms with Crippen LogP contribution in [0.15, 0.2) is 83.8 Å². The molecule has 0 saturated carbocycles. The van der Waals surface area contributed by atoms with Gasteiger partial charge in [-0.2, -0.15) is 0 Å². The van der Waals surface area contributed by atoms with Crippen LogP contribution in [0.25, 0.3) is 0 Å². The predicted octanol–water partition coefficient (Wildman–Crippen LogP) is 3.65. The molecule has 1 amide bonds. The summed E-state index contributed by atoms with van der Waals surface area (Å²) in [5, 5.41) is 0. The van der Waals surface area contributed by atoms with E-state index in [1.165, 1.54) is 25.2 Å². The topological polar surface area (TPSA) is 84.0 Å². The summed E-state index contributed by atoms with van der Waals surface area (Å²) in [5.41, 5.74) is 2.20. The van der Waals surface area contributed by atoms with Crippen molar-refractivity contribution < 1.29 is 22.7 Å². The number of rotatable bonds is 6. The number of carbonyl (C=O) groups excluding carboxylic acids is 2. The number of sulfonamides is 1. The molecule has 0 bridgehead atoms. The highest BCUT2D eigenvalue weighted by Gasteiger charge is 2.32. The fraction of sp³-hybridized carbons (Fsp3) is 0.200. The number of esters is 1. The summed E-state index contributed by atoms with van der Waals surface area (Å²) in [5.74, 6) is -1.23. The quantitative estimate of drug-likeness (QED) is 0.520. The van der Waals surface area contributed by atoms with Gasteiger partial charge in [-0.1, -0.05) is 48.5 Å². The van der Waals surface area contributed by atoms with Gasteiger partial charge in [-0.15, -0.1) is 0 Å². The number of anilines is 2. The summed E-state index contributed by atoms with van der Waals surface area (Å²) >= 11 is 0. The molecule has 0 radical (unpaired) electrons. The lowest BCUT2D eigenvalue weighted by Gasteiger charge is -2.23. The standard InChI is InChI=1S/C25H24N2O5S/c1-18-16-19-10-6-8-14-22(19)27(18)24(28)17-32-25(29)21-13-7-9-15-23(21)33(30,31)26(2)20-11-4-3-5-12-20/h3-15,18H,16-17H2,1-2H3. The van der Waals surface area contributed by atoms with Crippen molar-refractivity contribution in [1.82, 2.24) is 0 Å². The van der Waals surface area contributed by atoms with Crippen molar-refractivity contribution in [2.45, 2.75) is 24.3 Å². The highest BCUT2D eigenvalue weighted by Crippen LogP contribution is 2.32. The Hall–Kier alpha value is -3.65. The van der Waals surface area contributed by atoms with Crippen LogP contribution < -0.4 is 9.21 Å². The highest BCUT2D eigenvalue weighted by atomic mass is 32.2. The molecule has 4 rings (SSSR count). The zero-order valence-corrected chi connectivity index (χ0v) is 19.2. The maximum Gasteiger partial charge on any atom is 0.340 e. The van der Waals surface area contributed by atoms with Crippen LogP contribution in [-0.2, 0) is 26.0 Å². The molecule has 1 atom stereocenters. The number of hydrogen-bond acceptors (Lipinski definition) is 5. The molecule has 1 unspecified atom stereocenters. The number of amides is 1. The summed E-state index contributed by atoms with van der Waals surface area (Å²) < 4.78 is 32.8. The number of ether oxygens (including phenoxy) is 1. The van der Waals surface area contributed by atoms with Crippen molar-refractivity contribution in [3.05, 3.63) is 90.0 Å². The number of benzene rings is 3. The SMILES string of the molecule is CC1Cc2ccccc2N1C(=O)COC(=O)c1ccccc1S(=O)(=O)N(C)c1ccccc1. The first-order chi connectivity index (χ1) is 15.8. The fourth-order valence-electron chi connectivity index (χ4n) is 4.00. The van der Waals surface area contributed by atoms with E-state index in [-0.39, 0.29) is 22.4 Å². The zero-order valence-electron chi connectivity index (χ0n) is 18.3. The summed E-state index contributed by atoms with van der Waals surface area (Å²) in [6, 6.07) is 21.9. The molecule has 0 N–H and O–H groups in total. The van der Waals surface area contributed by atoms with Crippen molar-refractivity contribution in [2.75, 3.05) is 22.9 Å². The summed E-state index contributed by atoms with van der Waals surface area (Å²) in [6.45, 7) is 1.45. The van der Waals surface area contributed by atoms with Crippen LogP contribution >= 0.6 is 0 Å². The van der Waals surface area contributed by atoms with E-state index in [1.54, 1.807) is 41.3 Å². The first-order valence-corrected chi connectivity index (χ1v) is 11.9. The van der Waals surface area contributed by atoms with Crippen molar-refractivity contribution in [2.24, 2.45) is 0 Å². The predicted molar refractivity (Wildman–Crippen MR) is 126 cm³/mol. The van der Waals surface area contributed by atoms with E-state index < -0.39 is 22.6 Å². The second-order valence-corrected chi connectivity index (χ2v) is 9.76. The van der Waals surface area contributed by atoms with E-state index in [9.17, 15) is 18.0 Å². The van der Waals surface area contributed by atoms with Gasteiger partial charge in [-0.25, -0.2) is 13.2 Å². The highest BCUT2D eigenvalue weighted by molar-refractivity contribution is 7.92. The molecular weight excluding hydrogens is 440 g/mol. The minimum absolute atomic E-state index is 0.0548. The van der Waals surface area contributed by atoms with E-state index in [2.05, 4.69) is 0 Å². The lowest BCUT2D eigenvalue weighted by atomic mass is 10.1. The summed E-state index contributed by atoms with van der Waals surface area (Å²) in [7, 11) is -2.61. The van der Waals surface area contributed by atoms with Gasteiger partial charge in [-0.3, -0.25) is 9.10 Å². The molecule has 0 fully saturated rings. The number of para-hydroxylation sites is 2. The molecule has 0 saturated heterocycles. The van der Waals surface area contributed by atoms with E-state index in [0.29, 0.717) is 5.69 Å². The molecule has 0 aromatic heterocycles. The normalized spacial score (nSPS) is 15.1. The van der Waals surface area contributed by atoms with E-state index in [0.717, 1.165) is 22.0 Å². The first kappa shape index (κ1) is 22.5. The van der Waals surface area contributed by atoms with Gasteiger partial charge >= 0.3 is 5.97 Å². The second kappa shape index (κ2) is 9.07. The van der Waals surface area contributed by atoms with Gasteiger partial charge in [0.05, 0.1) is 11.3 Å². The van der Waals surface area contributed by atoms with Gasteiger partial charge in [0.1, 0.15) is 4.90 Å². The van der Waals surface area contributed by atoms with Crippen LogP contribution in [0.5, 0.6) is 0 Å². The smallest absolute Gasteiger partial charge is 0.340 e. The van der Waals surface area contributed by atoms with Crippen molar-refractivity contribution in [3.8, 4) is 0 Å². The Balaban J connectivity index is 1.53. The molecule has 170 valence electrons. The molecule has 1 aliphatic rings. The van der Waals surface area contributed by atoms with Crippen molar-refractivity contribution in [3.63, 3.8) is 0 Å². The summed E-state index contributed by atoms with van der Waals surface area (Å²) in [4.78, 5) is 27.1. The van der Waals surface area contributed by atoms with Gasteiger partial charge in [0, 0.05) is 18.8 Å². The second-order valence-electron chi connectivity index (χ2n) is 7.83.